The van der Waals surface area contributed by atoms with Gasteiger partial charge < -0.3 is 19.3 Å². The van der Waals surface area contributed by atoms with Gasteiger partial charge in [-0.2, -0.15) is 5.26 Å². The Balaban J connectivity index is 1.40. The van der Waals surface area contributed by atoms with Crippen LogP contribution in [-0.4, -0.2) is 17.7 Å². The van der Waals surface area contributed by atoms with E-state index < -0.39 is 23.7 Å². The molecule has 3 aromatic carbocycles. The van der Waals surface area contributed by atoms with Gasteiger partial charge in [-0.25, -0.2) is 8.78 Å². The Morgan fingerprint density at radius 3 is 2.79 bits per heavy atom. The summed E-state index contributed by atoms with van der Waals surface area (Å²) in [6.45, 7) is 0.289. The van der Waals surface area contributed by atoms with Crippen LogP contribution in [0.5, 0.6) is 23.0 Å². The topological polar surface area (TPSA) is 88.8 Å². The molecule has 0 fully saturated rings. The quantitative estimate of drug-likeness (QED) is 0.509. The van der Waals surface area contributed by atoms with Gasteiger partial charge in [0, 0.05) is 34.7 Å². The number of carbonyl (C=O) groups is 1. The third kappa shape index (κ3) is 4.01. The van der Waals surface area contributed by atoms with Gasteiger partial charge in [0.1, 0.15) is 46.8 Å². The SMILES string of the molecule is N#Cc1ccc(F)cc1Oc1ccc(F)c2c1CC[C@H]2Oc1ccc2c(c1)OCC2CC(=O)O. The van der Waals surface area contributed by atoms with Crippen LogP contribution in [0, 0.1) is 23.0 Å². The number of hydrogen-bond donors (Lipinski definition) is 1. The van der Waals surface area contributed by atoms with E-state index in [1.807, 2.05) is 6.07 Å². The fourth-order valence-electron chi connectivity index (χ4n) is 4.52. The Hall–Kier alpha value is -4.12. The lowest BCUT2D eigenvalue weighted by molar-refractivity contribution is -0.137. The molecule has 0 spiro atoms. The van der Waals surface area contributed by atoms with E-state index in [-0.39, 0.29) is 30.3 Å². The molecule has 6 nitrogen and oxygen atoms in total. The summed E-state index contributed by atoms with van der Waals surface area (Å²) in [6.07, 6.45) is 0.388. The number of hydrogen-bond acceptors (Lipinski definition) is 5. The Morgan fingerprint density at radius 2 is 2.00 bits per heavy atom. The third-order valence-corrected chi connectivity index (χ3v) is 6.09. The fraction of sp³-hybridized carbons (Fsp3) is 0.231. The van der Waals surface area contributed by atoms with E-state index in [0.717, 1.165) is 11.6 Å². The number of aliphatic carboxylic acids is 1. The maximum absolute atomic E-state index is 14.8. The first kappa shape index (κ1) is 21.7. The average molecular weight is 463 g/mol. The summed E-state index contributed by atoms with van der Waals surface area (Å²) in [7, 11) is 0. The van der Waals surface area contributed by atoms with Crippen LogP contribution in [0.4, 0.5) is 8.78 Å². The van der Waals surface area contributed by atoms with E-state index in [4.69, 9.17) is 19.3 Å². The van der Waals surface area contributed by atoms with Gasteiger partial charge in [0.25, 0.3) is 0 Å². The minimum atomic E-state index is -0.891. The van der Waals surface area contributed by atoms with Crippen LogP contribution in [0.1, 0.15) is 47.1 Å². The van der Waals surface area contributed by atoms with Crippen molar-refractivity contribution in [2.75, 3.05) is 6.61 Å². The van der Waals surface area contributed by atoms with Gasteiger partial charge in [-0.3, -0.25) is 4.79 Å². The van der Waals surface area contributed by atoms with Gasteiger partial charge >= 0.3 is 5.97 Å². The Morgan fingerprint density at radius 1 is 1.15 bits per heavy atom. The number of halogens is 2. The van der Waals surface area contributed by atoms with Crippen LogP contribution < -0.4 is 14.2 Å². The summed E-state index contributed by atoms with van der Waals surface area (Å²) in [6, 6.07) is 13.5. The molecular weight excluding hydrogens is 444 g/mol. The maximum Gasteiger partial charge on any atom is 0.304 e. The predicted octanol–water partition coefficient (Wildman–Crippen LogP) is 5.65. The van der Waals surface area contributed by atoms with Gasteiger partial charge in [-0.15, -0.1) is 0 Å². The van der Waals surface area contributed by atoms with Crippen LogP contribution in [-0.2, 0) is 11.2 Å². The monoisotopic (exact) mass is 463 g/mol. The molecule has 2 atom stereocenters. The molecule has 8 heteroatoms. The molecule has 1 aliphatic carbocycles. The van der Waals surface area contributed by atoms with Crippen molar-refractivity contribution < 1.29 is 32.9 Å². The third-order valence-electron chi connectivity index (χ3n) is 6.09. The van der Waals surface area contributed by atoms with Crippen LogP contribution in [0.25, 0.3) is 0 Å². The van der Waals surface area contributed by atoms with E-state index in [9.17, 15) is 18.8 Å². The van der Waals surface area contributed by atoms with Crippen molar-refractivity contribution in [3.8, 4) is 29.1 Å². The van der Waals surface area contributed by atoms with E-state index in [1.165, 1.54) is 24.3 Å². The van der Waals surface area contributed by atoms with Crippen molar-refractivity contribution in [1.29, 1.82) is 5.26 Å². The second-order valence-electron chi connectivity index (χ2n) is 8.24. The van der Waals surface area contributed by atoms with E-state index in [2.05, 4.69) is 0 Å². The number of carboxylic acids is 1. The Kier molecular flexibility index (Phi) is 5.54. The van der Waals surface area contributed by atoms with Gasteiger partial charge in [0.05, 0.1) is 18.6 Å². The zero-order valence-electron chi connectivity index (χ0n) is 17.9. The van der Waals surface area contributed by atoms with E-state index >= 15 is 0 Å². The number of nitrogens with zero attached hydrogens (tertiary/aromatic N) is 1. The summed E-state index contributed by atoms with van der Waals surface area (Å²) in [4.78, 5) is 11.0. The van der Waals surface area contributed by atoms with E-state index in [0.29, 0.717) is 41.2 Å². The predicted molar refractivity (Wildman–Crippen MR) is 116 cm³/mol. The first-order chi connectivity index (χ1) is 16.4. The summed E-state index contributed by atoms with van der Waals surface area (Å²) in [5.41, 5.74) is 1.95. The van der Waals surface area contributed by atoms with Crippen LogP contribution in [0.15, 0.2) is 48.5 Å². The molecule has 172 valence electrons. The molecule has 2 aliphatic rings. The molecule has 5 rings (SSSR count). The van der Waals surface area contributed by atoms with Crippen LogP contribution in [0.2, 0.25) is 0 Å². The number of ether oxygens (including phenoxy) is 3. The second-order valence-corrected chi connectivity index (χ2v) is 8.24. The number of rotatable bonds is 6. The van der Waals surface area contributed by atoms with Gasteiger partial charge in [0.15, 0.2) is 0 Å². The highest BCUT2D eigenvalue weighted by atomic mass is 19.1. The summed E-state index contributed by atoms with van der Waals surface area (Å²) < 4.78 is 46.1. The minimum Gasteiger partial charge on any atom is -0.492 e. The number of nitriles is 1. The standard InChI is InChI=1S/C26H19F2NO5/c27-16-2-1-14(12-29)23(10-16)34-21-8-6-20(28)26-19(21)5-7-22(26)33-17-3-4-18-15(9-25(30)31)13-32-24(18)11-17/h1-4,6,8,10-11,15,22H,5,7,9,13H2,(H,30,31)/t15?,22-/m1/s1. The Bertz CT molecular complexity index is 1330. The molecule has 0 saturated carbocycles. The number of benzene rings is 3. The second kappa shape index (κ2) is 8.67. The first-order valence-corrected chi connectivity index (χ1v) is 10.8. The fourth-order valence-corrected chi connectivity index (χ4v) is 4.52. The molecule has 0 amide bonds. The molecule has 34 heavy (non-hydrogen) atoms. The lowest BCUT2D eigenvalue weighted by atomic mass is 9.98. The molecule has 0 radical (unpaired) electrons. The molecule has 1 aliphatic heterocycles. The molecule has 0 bridgehead atoms. The van der Waals surface area contributed by atoms with Gasteiger partial charge in [0.2, 0.25) is 0 Å². The molecule has 3 aromatic rings. The molecule has 0 aromatic heterocycles. The van der Waals surface area contributed by atoms with Crippen molar-refractivity contribution in [3.05, 3.63) is 82.4 Å². The zero-order chi connectivity index (χ0) is 23.8. The summed E-state index contributed by atoms with van der Waals surface area (Å²) >= 11 is 0. The van der Waals surface area contributed by atoms with Gasteiger partial charge in [-0.05, 0) is 43.2 Å². The van der Waals surface area contributed by atoms with Crippen LogP contribution >= 0.6 is 0 Å². The average Bonchev–Trinajstić information content (AvgIpc) is 3.40. The first-order valence-electron chi connectivity index (χ1n) is 10.8. The Labute approximate surface area is 193 Å². The highest BCUT2D eigenvalue weighted by Gasteiger charge is 2.32. The minimum absolute atomic E-state index is 0.0178. The molecule has 1 unspecified atom stereocenters. The van der Waals surface area contributed by atoms with Crippen molar-refractivity contribution >= 4 is 5.97 Å². The number of carboxylic acid groups (broad SMARTS) is 1. The lowest BCUT2D eigenvalue weighted by Crippen LogP contribution is -2.07. The lowest BCUT2D eigenvalue weighted by Gasteiger charge is -2.17. The molecule has 1 heterocycles. The number of fused-ring (bicyclic) bond motifs is 2. The van der Waals surface area contributed by atoms with E-state index in [1.54, 1.807) is 18.2 Å². The summed E-state index contributed by atoms with van der Waals surface area (Å²) in [5, 5.41) is 18.3. The zero-order valence-corrected chi connectivity index (χ0v) is 17.9. The smallest absolute Gasteiger partial charge is 0.304 e. The van der Waals surface area contributed by atoms with Gasteiger partial charge in [-0.1, -0.05) is 6.07 Å². The van der Waals surface area contributed by atoms with Crippen molar-refractivity contribution in [3.63, 3.8) is 0 Å². The van der Waals surface area contributed by atoms with Crippen molar-refractivity contribution in [1.82, 2.24) is 0 Å². The largest absolute Gasteiger partial charge is 0.492 e. The summed E-state index contributed by atoms with van der Waals surface area (Å²) in [5.74, 6) is -0.637. The molecular formula is C26H19F2NO5. The molecule has 0 saturated heterocycles. The molecule has 1 N–H and O–H groups in total. The normalized spacial score (nSPS) is 17.9. The van der Waals surface area contributed by atoms with Crippen molar-refractivity contribution in [2.45, 2.75) is 31.3 Å². The maximum atomic E-state index is 14.8. The highest BCUT2D eigenvalue weighted by Crippen LogP contribution is 2.44. The highest BCUT2D eigenvalue weighted by molar-refractivity contribution is 5.68. The van der Waals surface area contributed by atoms with Crippen molar-refractivity contribution in [2.24, 2.45) is 0 Å². The van der Waals surface area contributed by atoms with Crippen LogP contribution in [0.3, 0.4) is 0 Å².